The Morgan fingerprint density at radius 1 is 1.57 bits per heavy atom. The first-order valence-corrected chi connectivity index (χ1v) is 5.36. The van der Waals surface area contributed by atoms with Crippen LogP contribution in [0.25, 0.3) is 0 Å². The van der Waals surface area contributed by atoms with Gasteiger partial charge in [-0.2, -0.15) is 0 Å². The molecule has 1 N–H and O–H groups in total. The summed E-state index contributed by atoms with van der Waals surface area (Å²) in [5.41, 5.74) is 0.414. The number of nitrogens with zero attached hydrogens (tertiary/aromatic N) is 1. The van der Waals surface area contributed by atoms with E-state index in [1.165, 1.54) is 6.42 Å². The molecule has 0 spiro atoms. The summed E-state index contributed by atoms with van der Waals surface area (Å²) >= 11 is 0. The highest BCUT2D eigenvalue weighted by Crippen LogP contribution is 2.30. The number of carbonyl (C=O) groups is 1. The van der Waals surface area contributed by atoms with E-state index in [9.17, 15) is 4.79 Å². The zero-order valence-corrected chi connectivity index (χ0v) is 9.42. The van der Waals surface area contributed by atoms with Crippen molar-refractivity contribution in [3.05, 3.63) is 0 Å². The molecule has 3 nitrogen and oxygen atoms in total. The predicted molar refractivity (Wildman–Crippen MR) is 56.3 cm³/mol. The molecule has 0 amide bonds. The largest absolute Gasteiger partial charge is 0.481 e. The van der Waals surface area contributed by atoms with E-state index in [1.807, 2.05) is 0 Å². The molecule has 1 aliphatic rings. The first-order valence-electron chi connectivity index (χ1n) is 5.36. The van der Waals surface area contributed by atoms with Gasteiger partial charge < -0.3 is 10.0 Å². The summed E-state index contributed by atoms with van der Waals surface area (Å²) in [5.74, 6) is -0.685. The maximum atomic E-state index is 10.4. The molecule has 1 heterocycles. The minimum Gasteiger partial charge on any atom is -0.481 e. The molecule has 1 rings (SSSR count). The fourth-order valence-corrected chi connectivity index (χ4v) is 2.05. The van der Waals surface area contributed by atoms with Crippen LogP contribution in [0.5, 0.6) is 0 Å². The van der Waals surface area contributed by atoms with Gasteiger partial charge in [0.25, 0.3) is 0 Å². The number of rotatable bonds is 4. The lowest BCUT2D eigenvalue weighted by molar-refractivity contribution is -0.137. The first-order chi connectivity index (χ1) is 6.41. The van der Waals surface area contributed by atoms with Gasteiger partial charge in [-0.05, 0) is 31.7 Å². The van der Waals surface area contributed by atoms with Gasteiger partial charge in [-0.15, -0.1) is 0 Å². The predicted octanol–water partition coefficient (Wildman–Crippen LogP) is 1.97. The Balaban J connectivity index is 2.32. The molecule has 0 aromatic rings. The van der Waals surface area contributed by atoms with Gasteiger partial charge in [0, 0.05) is 19.0 Å². The summed E-state index contributed by atoms with van der Waals surface area (Å²) < 4.78 is 0. The zero-order chi connectivity index (χ0) is 10.8. The van der Waals surface area contributed by atoms with Crippen molar-refractivity contribution in [3.8, 4) is 0 Å². The monoisotopic (exact) mass is 199 g/mol. The van der Waals surface area contributed by atoms with Gasteiger partial charge in [-0.1, -0.05) is 13.8 Å². The highest BCUT2D eigenvalue weighted by molar-refractivity contribution is 5.66. The molecule has 82 valence electrons. The highest BCUT2D eigenvalue weighted by atomic mass is 16.4. The van der Waals surface area contributed by atoms with Crippen LogP contribution in [0.2, 0.25) is 0 Å². The van der Waals surface area contributed by atoms with Crippen molar-refractivity contribution in [1.29, 1.82) is 0 Å². The van der Waals surface area contributed by atoms with E-state index in [0.29, 0.717) is 11.5 Å². The van der Waals surface area contributed by atoms with Crippen molar-refractivity contribution in [3.63, 3.8) is 0 Å². The molecule has 1 unspecified atom stereocenters. The molecule has 0 radical (unpaired) electrons. The average molecular weight is 199 g/mol. The van der Waals surface area contributed by atoms with Crippen LogP contribution in [-0.2, 0) is 4.79 Å². The van der Waals surface area contributed by atoms with Gasteiger partial charge in [-0.3, -0.25) is 4.79 Å². The summed E-state index contributed by atoms with van der Waals surface area (Å²) in [6.45, 7) is 8.90. The first kappa shape index (κ1) is 11.5. The lowest BCUT2D eigenvalue weighted by Gasteiger charge is -2.25. The van der Waals surface area contributed by atoms with E-state index in [-0.39, 0.29) is 6.42 Å². The molecule has 0 bridgehead atoms. The van der Waals surface area contributed by atoms with Crippen LogP contribution in [0.1, 0.15) is 40.0 Å². The molecule has 1 fully saturated rings. The Bertz CT molecular complexity index is 213. The van der Waals surface area contributed by atoms with Gasteiger partial charge in [0.2, 0.25) is 0 Å². The van der Waals surface area contributed by atoms with Crippen molar-refractivity contribution >= 4 is 5.97 Å². The topological polar surface area (TPSA) is 40.5 Å². The molecular formula is C11H21NO2. The molecule has 1 atom stereocenters. The Kier molecular flexibility index (Phi) is 3.53. The van der Waals surface area contributed by atoms with E-state index in [4.69, 9.17) is 5.11 Å². The number of likely N-dealkylation sites (tertiary alicyclic amines) is 1. The average Bonchev–Trinajstić information content (AvgIpc) is 2.41. The molecular weight excluding hydrogens is 178 g/mol. The molecule has 0 aromatic carbocycles. The summed E-state index contributed by atoms with van der Waals surface area (Å²) in [6.07, 6.45) is 2.29. The summed E-state index contributed by atoms with van der Waals surface area (Å²) in [4.78, 5) is 12.8. The lowest BCUT2D eigenvalue weighted by Crippen LogP contribution is -2.32. The van der Waals surface area contributed by atoms with Crippen LogP contribution in [0, 0.1) is 5.41 Å². The quantitative estimate of drug-likeness (QED) is 0.752. The van der Waals surface area contributed by atoms with E-state index in [1.54, 1.807) is 0 Å². The fraction of sp³-hybridized carbons (Fsp3) is 0.909. The van der Waals surface area contributed by atoms with Gasteiger partial charge in [0.15, 0.2) is 0 Å². The zero-order valence-electron chi connectivity index (χ0n) is 9.42. The Morgan fingerprint density at radius 2 is 2.21 bits per heavy atom. The summed E-state index contributed by atoms with van der Waals surface area (Å²) in [7, 11) is 0. The summed E-state index contributed by atoms with van der Waals surface area (Å²) in [5, 5.41) is 8.59. The van der Waals surface area contributed by atoms with E-state index < -0.39 is 5.97 Å². The number of hydrogen-bond donors (Lipinski definition) is 1. The fourth-order valence-electron chi connectivity index (χ4n) is 2.05. The number of hydrogen-bond acceptors (Lipinski definition) is 2. The minimum atomic E-state index is -0.685. The van der Waals surface area contributed by atoms with Gasteiger partial charge in [0.1, 0.15) is 0 Å². The number of carboxylic acids is 1. The second-order valence-corrected chi connectivity index (χ2v) is 5.17. The second kappa shape index (κ2) is 4.30. The lowest BCUT2D eigenvalue weighted by atomic mass is 9.93. The van der Waals surface area contributed by atoms with Gasteiger partial charge >= 0.3 is 5.97 Å². The van der Waals surface area contributed by atoms with Crippen molar-refractivity contribution in [2.45, 2.75) is 46.1 Å². The van der Waals surface area contributed by atoms with Crippen LogP contribution in [-0.4, -0.2) is 35.1 Å². The van der Waals surface area contributed by atoms with Gasteiger partial charge in [0.05, 0.1) is 0 Å². The van der Waals surface area contributed by atoms with Crippen molar-refractivity contribution in [1.82, 2.24) is 4.90 Å². The van der Waals surface area contributed by atoms with Crippen LogP contribution >= 0.6 is 0 Å². The highest BCUT2D eigenvalue weighted by Gasteiger charge is 2.31. The Labute approximate surface area is 86.1 Å². The van der Waals surface area contributed by atoms with Crippen LogP contribution in [0.15, 0.2) is 0 Å². The molecule has 0 saturated carbocycles. The molecule has 0 aliphatic carbocycles. The Hall–Kier alpha value is -0.570. The molecule has 14 heavy (non-hydrogen) atoms. The molecule has 1 saturated heterocycles. The van der Waals surface area contributed by atoms with Crippen LogP contribution < -0.4 is 0 Å². The van der Waals surface area contributed by atoms with Gasteiger partial charge in [-0.25, -0.2) is 0 Å². The maximum Gasteiger partial charge on any atom is 0.303 e. The third kappa shape index (κ3) is 3.29. The third-order valence-electron chi connectivity index (χ3n) is 3.11. The second-order valence-electron chi connectivity index (χ2n) is 5.17. The maximum absolute atomic E-state index is 10.4. The standard InChI is InChI=1S/C11H21NO2/c1-9(4-5-10(13)14)12-7-6-11(2,3)8-12/h9H,4-8H2,1-3H3,(H,13,14). The number of carboxylic acid groups (broad SMARTS) is 1. The SMILES string of the molecule is CC(CCC(=O)O)N1CCC(C)(C)C1. The van der Waals surface area contributed by atoms with Crippen molar-refractivity contribution < 1.29 is 9.90 Å². The molecule has 1 aliphatic heterocycles. The third-order valence-corrected chi connectivity index (χ3v) is 3.11. The van der Waals surface area contributed by atoms with E-state index in [2.05, 4.69) is 25.7 Å². The van der Waals surface area contributed by atoms with E-state index in [0.717, 1.165) is 19.5 Å². The molecule has 0 aromatic heterocycles. The summed E-state index contributed by atoms with van der Waals surface area (Å²) in [6, 6.07) is 0.410. The molecule has 3 heteroatoms. The van der Waals surface area contributed by atoms with Crippen LogP contribution in [0.4, 0.5) is 0 Å². The van der Waals surface area contributed by atoms with E-state index >= 15 is 0 Å². The number of aliphatic carboxylic acids is 1. The van der Waals surface area contributed by atoms with Crippen molar-refractivity contribution in [2.24, 2.45) is 5.41 Å². The Morgan fingerprint density at radius 3 is 2.64 bits per heavy atom. The smallest absolute Gasteiger partial charge is 0.303 e. The normalized spacial score (nSPS) is 23.6. The minimum absolute atomic E-state index is 0.290. The van der Waals surface area contributed by atoms with Crippen molar-refractivity contribution in [2.75, 3.05) is 13.1 Å². The van der Waals surface area contributed by atoms with Crippen LogP contribution in [0.3, 0.4) is 0 Å².